The summed E-state index contributed by atoms with van der Waals surface area (Å²) in [6.45, 7) is 2.56. The predicted octanol–water partition coefficient (Wildman–Crippen LogP) is 1.05. The van der Waals surface area contributed by atoms with Crippen LogP contribution in [0.5, 0.6) is 0 Å². The average molecular weight is 181 g/mol. The molecule has 0 saturated carbocycles. The van der Waals surface area contributed by atoms with Gasteiger partial charge in [-0.3, -0.25) is 9.69 Å². The smallest absolute Gasteiger partial charge is 0.317 e. The van der Waals surface area contributed by atoms with Gasteiger partial charge in [-0.05, 0) is 13.8 Å². The fourth-order valence-corrected chi connectivity index (χ4v) is 0.809. The predicted molar refractivity (Wildman–Crippen MR) is 40.3 cm³/mol. The van der Waals surface area contributed by atoms with E-state index in [1.165, 1.54) is 4.90 Å². The molecule has 5 heteroatoms. The van der Waals surface area contributed by atoms with Crippen LogP contribution in [0.3, 0.4) is 0 Å². The number of rotatable bonds is 5. The molecule has 0 saturated heterocycles. The molecule has 3 nitrogen and oxygen atoms in total. The lowest BCUT2D eigenvalue weighted by Crippen LogP contribution is -2.38. The summed E-state index contributed by atoms with van der Waals surface area (Å²) in [6, 6.07) is -0.171. The summed E-state index contributed by atoms with van der Waals surface area (Å²) in [5.41, 5.74) is 0. The maximum atomic E-state index is 11.9. The molecule has 0 aromatic rings. The Balaban J connectivity index is 3.95. The van der Waals surface area contributed by atoms with Gasteiger partial charge < -0.3 is 5.11 Å². The zero-order valence-corrected chi connectivity index (χ0v) is 7.13. The Morgan fingerprint density at radius 3 is 2.25 bits per heavy atom. The second kappa shape index (κ2) is 5.03. The van der Waals surface area contributed by atoms with E-state index in [1.54, 1.807) is 13.8 Å². The van der Waals surface area contributed by atoms with Gasteiger partial charge in [-0.2, -0.15) is 0 Å². The molecule has 0 aromatic heterocycles. The topological polar surface area (TPSA) is 40.5 Å². The molecule has 0 amide bonds. The Bertz CT molecular complexity index is 150. The number of aliphatic carboxylic acids is 1. The highest BCUT2D eigenvalue weighted by atomic mass is 19.3. The molecule has 0 aromatic carbocycles. The number of halogens is 2. The van der Waals surface area contributed by atoms with E-state index in [-0.39, 0.29) is 12.6 Å². The number of nitrogens with zero attached hydrogens (tertiary/aromatic N) is 1. The quantitative estimate of drug-likeness (QED) is 0.689. The van der Waals surface area contributed by atoms with Crippen molar-refractivity contribution in [1.29, 1.82) is 0 Å². The molecule has 0 spiro atoms. The van der Waals surface area contributed by atoms with Crippen molar-refractivity contribution in [3.63, 3.8) is 0 Å². The summed E-state index contributed by atoms with van der Waals surface area (Å²) >= 11 is 0. The highest BCUT2D eigenvalue weighted by Gasteiger charge is 2.17. The minimum atomic E-state index is -2.48. The maximum absolute atomic E-state index is 11.9. The molecule has 0 heterocycles. The highest BCUT2D eigenvalue weighted by Crippen LogP contribution is 2.02. The molecular weight excluding hydrogens is 168 g/mol. The molecule has 0 rings (SSSR count). The van der Waals surface area contributed by atoms with Crippen molar-refractivity contribution < 1.29 is 18.7 Å². The Hall–Kier alpha value is -0.710. The summed E-state index contributed by atoms with van der Waals surface area (Å²) in [4.78, 5) is 11.4. The minimum Gasteiger partial charge on any atom is -0.480 e. The summed E-state index contributed by atoms with van der Waals surface area (Å²) in [6.07, 6.45) is -2.48. The van der Waals surface area contributed by atoms with Gasteiger partial charge in [-0.25, -0.2) is 8.78 Å². The van der Waals surface area contributed by atoms with Crippen molar-refractivity contribution in [3.05, 3.63) is 0 Å². The van der Waals surface area contributed by atoms with Gasteiger partial charge in [0.2, 0.25) is 0 Å². The Morgan fingerprint density at radius 1 is 1.50 bits per heavy atom. The number of carboxylic acid groups (broad SMARTS) is 1. The first-order valence-electron chi connectivity index (χ1n) is 3.67. The molecule has 1 N–H and O–H groups in total. The van der Waals surface area contributed by atoms with Crippen LogP contribution in [0.25, 0.3) is 0 Å². The standard InChI is InChI=1S/C7H13F2NO2/c1-5(2)10(3-6(8)9)4-7(11)12/h5-6H,3-4H2,1-2H3,(H,11,12). The first kappa shape index (κ1) is 11.3. The van der Waals surface area contributed by atoms with E-state index in [0.29, 0.717) is 0 Å². The summed E-state index contributed by atoms with van der Waals surface area (Å²) < 4.78 is 23.7. The highest BCUT2D eigenvalue weighted by molar-refractivity contribution is 5.69. The van der Waals surface area contributed by atoms with Crippen molar-refractivity contribution in [1.82, 2.24) is 4.90 Å². The maximum Gasteiger partial charge on any atom is 0.317 e. The van der Waals surface area contributed by atoms with E-state index in [9.17, 15) is 13.6 Å². The lowest BCUT2D eigenvalue weighted by Gasteiger charge is -2.23. The SMILES string of the molecule is CC(C)N(CC(=O)O)CC(F)F. The van der Waals surface area contributed by atoms with Gasteiger partial charge in [-0.15, -0.1) is 0 Å². The Morgan fingerprint density at radius 2 is 2.00 bits per heavy atom. The van der Waals surface area contributed by atoms with Crippen LogP contribution < -0.4 is 0 Å². The number of hydrogen-bond acceptors (Lipinski definition) is 2. The van der Waals surface area contributed by atoms with Crippen LogP contribution in [0.4, 0.5) is 8.78 Å². The van der Waals surface area contributed by atoms with E-state index in [1.807, 2.05) is 0 Å². The summed E-state index contributed by atoms with van der Waals surface area (Å²) in [5.74, 6) is -1.08. The molecule has 0 atom stereocenters. The number of carboxylic acids is 1. The van der Waals surface area contributed by atoms with Gasteiger partial charge in [0.1, 0.15) is 0 Å². The molecule has 0 unspecified atom stereocenters. The van der Waals surface area contributed by atoms with Gasteiger partial charge in [0.05, 0.1) is 13.1 Å². The molecule has 0 aliphatic carbocycles. The lowest BCUT2D eigenvalue weighted by atomic mass is 10.3. The van der Waals surface area contributed by atoms with Crippen molar-refractivity contribution >= 4 is 5.97 Å². The van der Waals surface area contributed by atoms with Crippen molar-refractivity contribution in [2.75, 3.05) is 13.1 Å². The third-order valence-corrected chi connectivity index (χ3v) is 1.44. The summed E-state index contributed by atoms with van der Waals surface area (Å²) in [5, 5.41) is 8.36. The Kier molecular flexibility index (Phi) is 4.73. The first-order chi connectivity index (χ1) is 5.43. The lowest BCUT2D eigenvalue weighted by molar-refractivity contribution is -0.139. The number of alkyl halides is 2. The van der Waals surface area contributed by atoms with Gasteiger partial charge >= 0.3 is 5.97 Å². The third-order valence-electron chi connectivity index (χ3n) is 1.44. The summed E-state index contributed by atoms with van der Waals surface area (Å²) in [7, 11) is 0. The van der Waals surface area contributed by atoms with Crippen molar-refractivity contribution in [2.45, 2.75) is 26.3 Å². The zero-order chi connectivity index (χ0) is 9.72. The fraction of sp³-hybridized carbons (Fsp3) is 0.857. The van der Waals surface area contributed by atoms with E-state index in [0.717, 1.165) is 0 Å². The van der Waals surface area contributed by atoms with E-state index in [2.05, 4.69) is 0 Å². The molecule has 0 fully saturated rings. The second-order valence-electron chi connectivity index (χ2n) is 2.81. The van der Waals surface area contributed by atoms with Gasteiger partial charge in [0.25, 0.3) is 6.43 Å². The number of carbonyl (C=O) groups is 1. The Labute approximate surface area is 70.0 Å². The van der Waals surface area contributed by atoms with E-state index < -0.39 is 18.9 Å². The fourth-order valence-electron chi connectivity index (χ4n) is 0.809. The second-order valence-corrected chi connectivity index (χ2v) is 2.81. The average Bonchev–Trinajstić information content (AvgIpc) is 1.83. The van der Waals surface area contributed by atoms with Crippen LogP contribution in [0.1, 0.15) is 13.8 Å². The van der Waals surface area contributed by atoms with Crippen molar-refractivity contribution in [2.24, 2.45) is 0 Å². The van der Waals surface area contributed by atoms with Crippen LogP contribution in [-0.2, 0) is 4.79 Å². The molecule has 72 valence electrons. The molecule has 0 bridgehead atoms. The monoisotopic (exact) mass is 181 g/mol. The van der Waals surface area contributed by atoms with Gasteiger partial charge in [0.15, 0.2) is 0 Å². The molecule has 0 radical (unpaired) electrons. The molecular formula is C7H13F2NO2. The van der Waals surface area contributed by atoms with Crippen LogP contribution in [0.15, 0.2) is 0 Å². The molecule has 0 aliphatic heterocycles. The largest absolute Gasteiger partial charge is 0.480 e. The third kappa shape index (κ3) is 5.01. The van der Waals surface area contributed by atoms with E-state index >= 15 is 0 Å². The molecule has 0 aliphatic rings. The first-order valence-corrected chi connectivity index (χ1v) is 3.67. The minimum absolute atomic E-state index is 0.171. The molecule has 12 heavy (non-hydrogen) atoms. The van der Waals surface area contributed by atoms with E-state index in [4.69, 9.17) is 5.11 Å². The van der Waals surface area contributed by atoms with Crippen LogP contribution >= 0.6 is 0 Å². The van der Waals surface area contributed by atoms with Gasteiger partial charge in [0, 0.05) is 6.04 Å². The number of hydrogen-bond donors (Lipinski definition) is 1. The van der Waals surface area contributed by atoms with Crippen molar-refractivity contribution in [3.8, 4) is 0 Å². The normalized spacial score (nSPS) is 11.6. The van der Waals surface area contributed by atoms with Crippen LogP contribution in [-0.4, -0.2) is 41.5 Å². The zero-order valence-electron chi connectivity index (χ0n) is 7.13. The van der Waals surface area contributed by atoms with Crippen LogP contribution in [0, 0.1) is 0 Å². The van der Waals surface area contributed by atoms with Crippen LogP contribution in [0.2, 0.25) is 0 Å². The van der Waals surface area contributed by atoms with Gasteiger partial charge in [-0.1, -0.05) is 0 Å².